The number of carbonyl (C=O) groups excluding carboxylic acids is 1. The summed E-state index contributed by atoms with van der Waals surface area (Å²) in [7, 11) is 0. The molecule has 2 aliphatic heterocycles. The zero-order chi connectivity index (χ0) is 23.4. The number of amides is 1. The lowest BCUT2D eigenvalue weighted by Crippen LogP contribution is -2.43. The summed E-state index contributed by atoms with van der Waals surface area (Å²) in [5, 5.41) is 7.91. The number of benzene rings is 2. The number of likely N-dealkylation sites (tertiary alicyclic amines) is 1. The Bertz CT molecular complexity index is 1020. The fourth-order valence-corrected chi connectivity index (χ4v) is 4.97. The molecule has 0 spiro atoms. The van der Waals surface area contributed by atoms with Gasteiger partial charge in [-0.1, -0.05) is 55.0 Å². The van der Waals surface area contributed by atoms with Gasteiger partial charge in [0.15, 0.2) is 0 Å². The van der Waals surface area contributed by atoms with Gasteiger partial charge in [-0.05, 0) is 45.2 Å². The van der Waals surface area contributed by atoms with E-state index in [0.717, 1.165) is 18.7 Å². The molecule has 4 rings (SSSR count). The van der Waals surface area contributed by atoms with Crippen molar-refractivity contribution in [3.8, 4) is 5.75 Å². The van der Waals surface area contributed by atoms with Crippen LogP contribution in [0.2, 0.25) is 0 Å². The first-order valence-corrected chi connectivity index (χ1v) is 11.9. The van der Waals surface area contributed by atoms with E-state index in [1.165, 1.54) is 19.3 Å². The van der Waals surface area contributed by atoms with Crippen LogP contribution in [-0.4, -0.2) is 41.8 Å². The Balaban J connectivity index is 1.49. The summed E-state index contributed by atoms with van der Waals surface area (Å²) in [5.74, 6) is 0.464. The van der Waals surface area contributed by atoms with Gasteiger partial charge >= 0.3 is 0 Å². The van der Waals surface area contributed by atoms with Crippen LogP contribution in [0.15, 0.2) is 60.7 Å². The largest absolute Gasteiger partial charge is 0.474 e. The van der Waals surface area contributed by atoms with E-state index >= 15 is 0 Å². The van der Waals surface area contributed by atoms with Crippen LogP contribution >= 0.6 is 0 Å². The lowest BCUT2D eigenvalue weighted by molar-refractivity contribution is -0.126. The van der Waals surface area contributed by atoms with E-state index in [1.807, 2.05) is 42.5 Å². The molecule has 33 heavy (non-hydrogen) atoms. The van der Waals surface area contributed by atoms with Crippen molar-refractivity contribution in [3.63, 3.8) is 0 Å². The number of ether oxygens (including phenoxy) is 1. The Hall–Kier alpha value is -3.12. The molecule has 0 radical (unpaired) electrons. The maximum atomic E-state index is 13.5. The Morgan fingerprint density at radius 1 is 1.09 bits per heavy atom. The first-order valence-electron chi connectivity index (χ1n) is 11.9. The number of nitrogens with zero attached hydrogens (tertiary/aromatic N) is 2. The topological polar surface area (TPSA) is 82.7 Å². The number of piperidine rings is 1. The highest BCUT2D eigenvalue weighted by Crippen LogP contribution is 2.39. The fraction of sp³-hybridized carbons (Fsp3) is 0.407. The van der Waals surface area contributed by atoms with Crippen LogP contribution in [0.4, 0.5) is 5.69 Å². The maximum Gasteiger partial charge on any atom is 0.272 e. The van der Waals surface area contributed by atoms with Crippen molar-refractivity contribution < 1.29 is 9.53 Å². The van der Waals surface area contributed by atoms with Crippen molar-refractivity contribution in [1.82, 2.24) is 4.90 Å². The molecule has 3 unspecified atom stereocenters. The molecule has 6 heteroatoms. The van der Waals surface area contributed by atoms with E-state index in [4.69, 9.17) is 15.9 Å². The summed E-state index contributed by atoms with van der Waals surface area (Å²) >= 11 is 0. The third-order valence-electron chi connectivity index (χ3n) is 6.80. The van der Waals surface area contributed by atoms with E-state index < -0.39 is 6.10 Å². The van der Waals surface area contributed by atoms with Gasteiger partial charge in [0.1, 0.15) is 11.6 Å². The molecule has 174 valence electrons. The molecule has 1 fully saturated rings. The summed E-state index contributed by atoms with van der Waals surface area (Å²) in [6.45, 7) is 6.14. The SMILES string of the molecule is CC1CCCC(C)N1CC=CCCN1C(=O)C(c2ccccc2C(=N)N)Oc2ccccc21. The van der Waals surface area contributed by atoms with E-state index in [1.54, 1.807) is 11.0 Å². The minimum atomic E-state index is -0.820. The number of fused-ring (bicyclic) bond motifs is 1. The van der Waals surface area contributed by atoms with Gasteiger partial charge in [-0.3, -0.25) is 15.1 Å². The highest BCUT2D eigenvalue weighted by Gasteiger charge is 2.36. The summed E-state index contributed by atoms with van der Waals surface area (Å²) in [6.07, 6.45) is 8.20. The maximum absolute atomic E-state index is 13.5. The number of amidine groups is 1. The van der Waals surface area contributed by atoms with E-state index in [0.29, 0.717) is 35.5 Å². The molecule has 0 aliphatic carbocycles. The predicted octanol–water partition coefficient (Wildman–Crippen LogP) is 4.65. The smallest absolute Gasteiger partial charge is 0.272 e. The first kappa shape index (κ1) is 23.1. The number of nitrogens with two attached hydrogens (primary N) is 1. The lowest BCUT2D eigenvalue weighted by Gasteiger charge is -2.38. The van der Waals surface area contributed by atoms with E-state index in [-0.39, 0.29) is 11.7 Å². The second kappa shape index (κ2) is 10.2. The molecule has 0 saturated carbocycles. The Kier molecular flexibility index (Phi) is 7.14. The minimum absolute atomic E-state index is 0.0727. The van der Waals surface area contributed by atoms with E-state index in [9.17, 15) is 4.79 Å². The first-order chi connectivity index (χ1) is 16.0. The van der Waals surface area contributed by atoms with Crippen molar-refractivity contribution in [1.29, 1.82) is 5.41 Å². The molecule has 1 amide bonds. The average Bonchev–Trinajstić information content (AvgIpc) is 2.81. The van der Waals surface area contributed by atoms with Crippen molar-refractivity contribution in [2.45, 2.75) is 57.7 Å². The van der Waals surface area contributed by atoms with Gasteiger partial charge in [0.25, 0.3) is 5.91 Å². The Morgan fingerprint density at radius 3 is 2.55 bits per heavy atom. The van der Waals surface area contributed by atoms with Crippen LogP contribution in [0, 0.1) is 5.41 Å². The number of nitrogen functional groups attached to an aromatic ring is 1. The molecule has 1 saturated heterocycles. The zero-order valence-corrected chi connectivity index (χ0v) is 19.5. The molecular formula is C27H34N4O2. The Morgan fingerprint density at radius 2 is 1.79 bits per heavy atom. The quantitative estimate of drug-likeness (QED) is 0.369. The number of anilines is 1. The molecule has 0 bridgehead atoms. The summed E-state index contributed by atoms with van der Waals surface area (Å²) < 4.78 is 6.11. The molecular weight excluding hydrogens is 412 g/mol. The van der Waals surface area contributed by atoms with E-state index in [2.05, 4.69) is 30.9 Å². The standard InChI is InChI=1S/C27H34N4O2/c1-19-11-10-12-20(2)30(19)17-8-3-9-18-31-23-15-6-7-16-24(23)33-25(27(31)32)21-13-4-5-14-22(21)26(28)29/h3-8,13-16,19-20,25H,9-12,17-18H2,1-2H3,(H3,28,29). The summed E-state index contributed by atoms with van der Waals surface area (Å²) in [6, 6.07) is 16.1. The average molecular weight is 447 g/mol. The van der Waals surface area contributed by atoms with Crippen LogP contribution in [0.5, 0.6) is 5.75 Å². The number of para-hydroxylation sites is 2. The second-order valence-corrected chi connectivity index (χ2v) is 9.04. The van der Waals surface area contributed by atoms with Gasteiger partial charge in [-0.25, -0.2) is 0 Å². The van der Waals surface area contributed by atoms with Gasteiger partial charge in [-0.2, -0.15) is 0 Å². The van der Waals surface area contributed by atoms with Crippen molar-refractivity contribution >= 4 is 17.4 Å². The van der Waals surface area contributed by atoms with Crippen LogP contribution in [0.3, 0.4) is 0 Å². The number of nitrogens with one attached hydrogen (secondary N) is 1. The second-order valence-electron chi connectivity index (χ2n) is 9.04. The lowest BCUT2D eigenvalue weighted by atomic mass is 9.97. The predicted molar refractivity (Wildman–Crippen MR) is 133 cm³/mol. The van der Waals surface area contributed by atoms with Crippen LogP contribution in [-0.2, 0) is 4.79 Å². The molecule has 0 aromatic heterocycles. The summed E-state index contributed by atoms with van der Waals surface area (Å²) in [4.78, 5) is 17.9. The van der Waals surface area contributed by atoms with Gasteiger partial charge in [-0.15, -0.1) is 0 Å². The van der Waals surface area contributed by atoms with Gasteiger partial charge in [0, 0.05) is 36.3 Å². The van der Waals surface area contributed by atoms with Gasteiger partial charge in [0.2, 0.25) is 6.10 Å². The molecule has 2 heterocycles. The minimum Gasteiger partial charge on any atom is -0.474 e. The zero-order valence-electron chi connectivity index (χ0n) is 19.5. The fourth-order valence-electron chi connectivity index (χ4n) is 4.97. The van der Waals surface area contributed by atoms with Crippen LogP contribution in [0.25, 0.3) is 0 Å². The van der Waals surface area contributed by atoms with Gasteiger partial charge in [0.05, 0.1) is 5.69 Å². The number of carbonyl (C=O) groups is 1. The third kappa shape index (κ3) is 4.96. The number of rotatable bonds is 7. The normalized spacial score (nSPS) is 23.4. The molecule has 3 atom stereocenters. The molecule has 6 nitrogen and oxygen atoms in total. The Labute approximate surface area is 196 Å². The molecule has 2 aliphatic rings. The highest BCUT2D eigenvalue weighted by atomic mass is 16.5. The highest BCUT2D eigenvalue weighted by molar-refractivity contribution is 6.03. The van der Waals surface area contributed by atoms with Crippen LogP contribution in [0.1, 0.15) is 56.8 Å². The van der Waals surface area contributed by atoms with Crippen molar-refractivity contribution in [3.05, 3.63) is 71.8 Å². The molecule has 2 aromatic carbocycles. The van der Waals surface area contributed by atoms with Crippen molar-refractivity contribution in [2.75, 3.05) is 18.0 Å². The number of hydrogen-bond acceptors (Lipinski definition) is 4. The van der Waals surface area contributed by atoms with Crippen LogP contribution < -0.4 is 15.4 Å². The monoisotopic (exact) mass is 446 g/mol. The summed E-state index contributed by atoms with van der Waals surface area (Å²) in [5.41, 5.74) is 7.71. The van der Waals surface area contributed by atoms with Crippen molar-refractivity contribution in [2.24, 2.45) is 5.73 Å². The molecule has 2 aromatic rings. The number of hydrogen-bond donors (Lipinski definition) is 2. The third-order valence-corrected chi connectivity index (χ3v) is 6.80. The molecule has 3 N–H and O–H groups in total. The van der Waals surface area contributed by atoms with Gasteiger partial charge < -0.3 is 15.4 Å².